The van der Waals surface area contributed by atoms with Crippen LogP contribution in [-0.4, -0.2) is 17.7 Å². The van der Waals surface area contributed by atoms with E-state index in [0.29, 0.717) is 6.42 Å². The Morgan fingerprint density at radius 2 is 1.85 bits per heavy atom. The molecule has 20 heavy (non-hydrogen) atoms. The van der Waals surface area contributed by atoms with Crippen LogP contribution in [0.1, 0.15) is 26.3 Å². The number of hydrogen-bond acceptors (Lipinski definition) is 3. The van der Waals surface area contributed by atoms with E-state index in [1.165, 1.54) is 6.92 Å². The van der Waals surface area contributed by atoms with Gasteiger partial charge in [0.05, 0.1) is 13.2 Å². The van der Waals surface area contributed by atoms with Crippen LogP contribution < -0.4 is 0 Å². The van der Waals surface area contributed by atoms with Crippen molar-refractivity contribution in [3.63, 3.8) is 0 Å². The van der Waals surface area contributed by atoms with Crippen molar-refractivity contribution < 1.29 is 31.7 Å². The molecule has 0 aliphatic heterocycles. The van der Waals surface area contributed by atoms with Crippen molar-refractivity contribution >= 4 is 5.97 Å². The maximum Gasteiger partial charge on any atom is 0.339 e. The van der Waals surface area contributed by atoms with Crippen LogP contribution in [0.3, 0.4) is 0 Å². The van der Waals surface area contributed by atoms with Gasteiger partial charge in [0, 0.05) is 23.5 Å². The van der Waals surface area contributed by atoms with Crippen molar-refractivity contribution in [2.75, 3.05) is 6.61 Å². The Kier molecular flexibility index (Phi) is 12.6. The van der Waals surface area contributed by atoms with Crippen molar-refractivity contribution in [1.29, 1.82) is 0 Å². The molecule has 0 amide bonds. The smallest absolute Gasteiger partial charge is 0.339 e. The molecule has 1 radical (unpaired) electrons. The molecule has 0 atom stereocenters. The average molecular weight is 325 g/mol. The van der Waals surface area contributed by atoms with E-state index < -0.39 is 5.97 Å². The molecule has 0 bridgehead atoms. The van der Waals surface area contributed by atoms with Gasteiger partial charge in [-0.15, -0.1) is 0 Å². The third-order valence-electron chi connectivity index (χ3n) is 2.11. The predicted octanol–water partition coefficient (Wildman–Crippen LogP) is 3.50. The molecular weight excluding hydrogens is 306 g/mol. The molecule has 0 aromatic heterocycles. The average Bonchev–Trinajstić information content (AvgIpc) is 2.42. The van der Waals surface area contributed by atoms with Gasteiger partial charge in [-0.3, -0.25) is 4.79 Å². The molecule has 0 saturated carbocycles. The Morgan fingerprint density at radius 3 is 2.30 bits per heavy atom. The Morgan fingerprint density at radius 1 is 1.30 bits per heavy atom. The van der Waals surface area contributed by atoms with Crippen LogP contribution in [0.5, 0.6) is 0 Å². The zero-order valence-electron chi connectivity index (χ0n) is 11.8. The van der Waals surface area contributed by atoms with E-state index in [-0.39, 0.29) is 35.1 Å². The molecular formula is C15H19CuNO3. The summed E-state index contributed by atoms with van der Waals surface area (Å²) in [6.07, 6.45) is 0.586. The van der Waals surface area contributed by atoms with Crippen molar-refractivity contribution in [2.24, 2.45) is 0 Å². The maximum atomic E-state index is 11.4. The summed E-state index contributed by atoms with van der Waals surface area (Å²) in [6.45, 7) is 12.2. The van der Waals surface area contributed by atoms with Crippen LogP contribution in [0.15, 0.2) is 41.8 Å². The van der Waals surface area contributed by atoms with Crippen LogP contribution in [-0.2, 0) is 33.0 Å². The van der Waals surface area contributed by atoms with E-state index in [1.54, 1.807) is 0 Å². The van der Waals surface area contributed by atoms with Gasteiger partial charge in [0.25, 0.3) is 0 Å². The number of esters is 1. The van der Waals surface area contributed by atoms with Gasteiger partial charge in [-0.1, -0.05) is 44.2 Å². The first kappa shape index (κ1) is 20.6. The fraction of sp³-hybridized carbons (Fsp3) is 0.333. The number of benzene rings is 1. The summed E-state index contributed by atoms with van der Waals surface area (Å²) in [5.74, 6) is -1.10. The molecule has 1 N–H and O–H groups in total. The summed E-state index contributed by atoms with van der Waals surface area (Å²) >= 11 is 0. The quantitative estimate of drug-likeness (QED) is 0.303. The number of aliphatic hydroxyl groups excluding tert-OH is 1. The molecule has 0 heterocycles. The second-order valence-corrected chi connectivity index (χ2v) is 3.42. The van der Waals surface area contributed by atoms with E-state index in [4.69, 9.17) is 16.4 Å². The van der Waals surface area contributed by atoms with Crippen molar-refractivity contribution in [3.05, 3.63) is 58.8 Å². The molecule has 1 rings (SSSR count). The van der Waals surface area contributed by atoms with Gasteiger partial charge in [-0.25, -0.2) is 4.85 Å². The number of aliphatic hydroxyl groups is 1. The molecule has 0 aliphatic rings. The standard InChI is InChI=1S/C13H13NO3.C2H6.Cu/c1-10(15)12(14-2)13(16)17-9-8-11-6-4-3-5-7-11;1-2;/h3-7,15H,8-9H2,1H3;1-2H3;. The van der Waals surface area contributed by atoms with Crippen molar-refractivity contribution in [2.45, 2.75) is 27.2 Å². The minimum absolute atomic E-state index is 0. The third kappa shape index (κ3) is 7.63. The maximum absolute atomic E-state index is 11.4. The van der Waals surface area contributed by atoms with Gasteiger partial charge >= 0.3 is 11.7 Å². The summed E-state index contributed by atoms with van der Waals surface area (Å²) < 4.78 is 4.89. The zero-order chi connectivity index (χ0) is 14.7. The van der Waals surface area contributed by atoms with E-state index in [2.05, 4.69) is 4.85 Å². The largest absolute Gasteiger partial charge is 0.523 e. The fourth-order valence-corrected chi connectivity index (χ4v) is 1.25. The SMILES string of the molecule is CC.[C-]#[N+]C(C(=O)OCCc1ccccc1)=C(C)O.[Cu]. The molecule has 1 aromatic carbocycles. The number of allylic oxidation sites excluding steroid dienone is 1. The van der Waals surface area contributed by atoms with Gasteiger partial charge < -0.3 is 9.84 Å². The number of nitrogens with zero attached hydrogens (tertiary/aromatic N) is 1. The molecule has 0 saturated heterocycles. The molecule has 0 unspecified atom stereocenters. The Labute approximate surface area is 130 Å². The molecule has 5 heteroatoms. The zero-order valence-corrected chi connectivity index (χ0v) is 12.8. The fourth-order valence-electron chi connectivity index (χ4n) is 1.25. The predicted molar refractivity (Wildman–Crippen MR) is 74.4 cm³/mol. The molecule has 0 fully saturated rings. The second kappa shape index (κ2) is 12.3. The number of hydrogen-bond donors (Lipinski definition) is 1. The molecule has 0 spiro atoms. The third-order valence-corrected chi connectivity index (χ3v) is 2.11. The summed E-state index contributed by atoms with van der Waals surface area (Å²) in [7, 11) is 0. The molecule has 1 aromatic rings. The van der Waals surface area contributed by atoms with Crippen molar-refractivity contribution in [3.8, 4) is 0 Å². The van der Waals surface area contributed by atoms with Gasteiger partial charge in [0.1, 0.15) is 5.76 Å². The molecule has 0 aliphatic carbocycles. The minimum Gasteiger partial charge on any atom is -0.523 e. The number of carbonyl (C=O) groups excluding carboxylic acids is 1. The minimum atomic E-state index is -0.782. The van der Waals surface area contributed by atoms with Gasteiger partial charge in [-0.05, 0) is 12.5 Å². The first-order chi connectivity index (χ1) is 9.15. The van der Waals surface area contributed by atoms with Gasteiger partial charge in [0.2, 0.25) is 0 Å². The van der Waals surface area contributed by atoms with Crippen LogP contribution in [0, 0.1) is 6.57 Å². The van der Waals surface area contributed by atoms with E-state index in [1.807, 2.05) is 44.2 Å². The summed E-state index contributed by atoms with van der Waals surface area (Å²) in [5, 5.41) is 9.06. The van der Waals surface area contributed by atoms with Gasteiger partial charge in [0.15, 0.2) is 0 Å². The van der Waals surface area contributed by atoms with E-state index in [0.717, 1.165) is 5.56 Å². The van der Waals surface area contributed by atoms with E-state index in [9.17, 15) is 4.79 Å². The first-order valence-corrected chi connectivity index (χ1v) is 6.13. The van der Waals surface area contributed by atoms with E-state index >= 15 is 0 Å². The summed E-state index contributed by atoms with van der Waals surface area (Å²) in [4.78, 5) is 14.3. The molecule has 4 nitrogen and oxygen atoms in total. The van der Waals surface area contributed by atoms with Gasteiger partial charge in [-0.2, -0.15) is 0 Å². The first-order valence-electron chi connectivity index (χ1n) is 6.13. The van der Waals surface area contributed by atoms with Crippen molar-refractivity contribution in [1.82, 2.24) is 0 Å². The Hall–Kier alpha value is -1.76. The normalized spacial score (nSPS) is 9.90. The number of rotatable bonds is 4. The second-order valence-electron chi connectivity index (χ2n) is 3.42. The Bertz CT molecular complexity index is 460. The van der Waals surface area contributed by atoms with Crippen LogP contribution in [0.4, 0.5) is 0 Å². The van der Waals surface area contributed by atoms with Crippen LogP contribution in [0.2, 0.25) is 0 Å². The summed E-state index contributed by atoms with van der Waals surface area (Å²) in [5.41, 5.74) is 0.687. The number of ether oxygens (including phenoxy) is 1. The topological polar surface area (TPSA) is 50.9 Å². The summed E-state index contributed by atoms with van der Waals surface area (Å²) in [6, 6.07) is 9.57. The Balaban J connectivity index is 0. The monoisotopic (exact) mass is 324 g/mol. The number of carbonyl (C=O) groups is 1. The molecule has 113 valence electrons. The van der Waals surface area contributed by atoms with Crippen LogP contribution >= 0.6 is 0 Å². The van der Waals surface area contributed by atoms with Crippen LogP contribution in [0.25, 0.3) is 4.85 Å².